The predicted octanol–water partition coefficient (Wildman–Crippen LogP) is 3.00. The van der Waals surface area contributed by atoms with Gasteiger partial charge in [-0.25, -0.2) is 0 Å². The number of hydrogen-bond donors (Lipinski definition) is 1. The van der Waals surface area contributed by atoms with Crippen molar-refractivity contribution in [3.8, 4) is 0 Å². The number of halogens is 1. The zero-order valence-corrected chi connectivity index (χ0v) is 16.5. The standard InChI is InChI=1S/C21H26N4O.ClH/c1-24-13-15(10-23-24)16-11-22-12-17(16)20(26)25-14-21(8-4-5-9-21)18-6-2-3-7-19(18)25;/h2-3,6-7,10,13,16-17,22H,4-5,8-9,11-12,14H2,1H3;1H/t16-,17+;/m1./s1. The van der Waals surface area contributed by atoms with Gasteiger partial charge in [0.1, 0.15) is 0 Å². The van der Waals surface area contributed by atoms with Crippen LogP contribution in [0.4, 0.5) is 5.69 Å². The summed E-state index contributed by atoms with van der Waals surface area (Å²) in [6.45, 7) is 2.47. The lowest BCUT2D eigenvalue weighted by molar-refractivity contribution is -0.122. The first-order chi connectivity index (χ1) is 12.7. The van der Waals surface area contributed by atoms with E-state index in [-0.39, 0.29) is 35.6 Å². The summed E-state index contributed by atoms with van der Waals surface area (Å²) >= 11 is 0. The van der Waals surface area contributed by atoms with Crippen LogP contribution in [0.25, 0.3) is 0 Å². The summed E-state index contributed by atoms with van der Waals surface area (Å²) < 4.78 is 1.83. The third-order valence-electron chi connectivity index (χ3n) is 6.74. The van der Waals surface area contributed by atoms with E-state index >= 15 is 0 Å². The Morgan fingerprint density at radius 2 is 2.00 bits per heavy atom. The minimum Gasteiger partial charge on any atom is -0.315 e. The second-order valence-electron chi connectivity index (χ2n) is 8.25. The Morgan fingerprint density at radius 1 is 1.22 bits per heavy atom. The van der Waals surface area contributed by atoms with E-state index in [1.807, 2.05) is 24.1 Å². The zero-order valence-electron chi connectivity index (χ0n) is 15.7. The van der Waals surface area contributed by atoms with Crippen molar-refractivity contribution in [2.24, 2.45) is 13.0 Å². The molecule has 1 aliphatic carbocycles. The van der Waals surface area contributed by atoms with Crippen LogP contribution in [0.2, 0.25) is 0 Å². The van der Waals surface area contributed by atoms with Crippen LogP contribution in [0.5, 0.6) is 0 Å². The summed E-state index contributed by atoms with van der Waals surface area (Å²) in [5, 5.41) is 7.75. The van der Waals surface area contributed by atoms with E-state index in [0.717, 1.165) is 25.3 Å². The van der Waals surface area contributed by atoms with E-state index in [9.17, 15) is 4.79 Å². The number of rotatable bonds is 2. The number of amides is 1. The molecule has 1 aromatic carbocycles. The number of nitrogens with zero attached hydrogens (tertiary/aromatic N) is 3. The molecule has 2 aliphatic heterocycles. The molecule has 5 nitrogen and oxygen atoms in total. The lowest BCUT2D eigenvalue weighted by Gasteiger charge is -2.27. The molecule has 1 amide bonds. The van der Waals surface area contributed by atoms with Crippen molar-refractivity contribution in [1.82, 2.24) is 15.1 Å². The number of aromatic nitrogens is 2. The summed E-state index contributed by atoms with van der Waals surface area (Å²) in [6, 6.07) is 8.59. The fraction of sp³-hybridized carbons (Fsp3) is 0.524. The number of anilines is 1. The van der Waals surface area contributed by atoms with Gasteiger partial charge < -0.3 is 10.2 Å². The van der Waals surface area contributed by atoms with Gasteiger partial charge in [0.05, 0.1) is 12.1 Å². The molecule has 2 aromatic rings. The van der Waals surface area contributed by atoms with Crippen LogP contribution in [0.15, 0.2) is 36.7 Å². The van der Waals surface area contributed by atoms with Gasteiger partial charge >= 0.3 is 0 Å². The smallest absolute Gasteiger partial charge is 0.232 e. The quantitative estimate of drug-likeness (QED) is 0.863. The van der Waals surface area contributed by atoms with Crippen LogP contribution in [-0.2, 0) is 17.3 Å². The molecule has 1 spiro atoms. The Kier molecular flexibility index (Phi) is 4.77. The highest BCUT2D eigenvalue weighted by atomic mass is 35.5. The Bertz CT molecular complexity index is 842. The highest BCUT2D eigenvalue weighted by Crippen LogP contribution is 2.51. The lowest BCUT2D eigenvalue weighted by Crippen LogP contribution is -2.41. The van der Waals surface area contributed by atoms with Gasteiger partial charge in [-0.2, -0.15) is 5.10 Å². The molecule has 5 rings (SSSR count). The number of benzene rings is 1. The van der Waals surface area contributed by atoms with Gasteiger partial charge in [-0.3, -0.25) is 9.48 Å². The summed E-state index contributed by atoms with van der Waals surface area (Å²) in [7, 11) is 1.93. The van der Waals surface area contributed by atoms with Crippen LogP contribution in [-0.4, -0.2) is 35.3 Å². The highest BCUT2D eigenvalue weighted by molar-refractivity contribution is 5.98. The van der Waals surface area contributed by atoms with E-state index in [1.54, 1.807) is 0 Å². The van der Waals surface area contributed by atoms with E-state index in [1.165, 1.54) is 36.8 Å². The van der Waals surface area contributed by atoms with Crippen molar-refractivity contribution >= 4 is 24.0 Å². The van der Waals surface area contributed by atoms with Crippen molar-refractivity contribution in [2.45, 2.75) is 37.0 Å². The monoisotopic (exact) mass is 386 g/mol. The first-order valence-corrected chi connectivity index (χ1v) is 9.78. The van der Waals surface area contributed by atoms with Crippen molar-refractivity contribution in [3.05, 3.63) is 47.8 Å². The van der Waals surface area contributed by atoms with Crippen LogP contribution < -0.4 is 10.2 Å². The number of carbonyl (C=O) groups is 1. The topological polar surface area (TPSA) is 50.2 Å². The number of carbonyl (C=O) groups excluding carboxylic acids is 1. The number of nitrogens with one attached hydrogen (secondary N) is 1. The molecule has 3 aliphatic rings. The highest BCUT2D eigenvalue weighted by Gasteiger charge is 2.48. The van der Waals surface area contributed by atoms with E-state index in [4.69, 9.17) is 0 Å². The van der Waals surface area contributed by atoms with Crippen LogP contribution in [0.3, 0.4) is 0 Å². The Balaban J connectivity index is 0.00000180. The first-order valence-electron chi connectivity index (χ1n) is 9.78. The first kappa shape index (κ1) is 18.5. The minimum atomic E-state index is -0.0104. The Morgan fingerprint density at radius 3 is 2.74 bits per heavy atom. The average Bonchev–Trinajstić information content (AvgIpc) is 3.43. The molecule has 2 fully saturated rings. The number of fused-ring (bicyclic) bond motifs is 2. The number of aryl methyl sites for hydroxylation is 1. The molecule has 144 valence electrons. The zero-order chi connectivity index (χ0) is 17.7. The molecule has 2 atom stereocenters. The minimum absolute atomic E-state index is 0. The second kappa shape index (κ2) is 6.95. The normalized spacial score (nSPS) is 25.6. The van der Waals surface area contributed by atoms with Gasteiger partial charge in [0.15, 0.2) is 0 Å². The molecule has 1 saturated heterocycles. The average molecular weight is 387 g/mol. The maximum absolute atomic E-state index is 13.6. The third-order valence-corrected chi connectivity index (χ3v) is 6.74. The van der Waals surface area contributed by atoms with Gasteiger partial charge in [-0.1, -0.05) is 31.0 Å². The second-order valence-corrected chi connectivity index (χ2v) is 8.25. The summed E-state index contributed by atoms with van der Waals surface area (Å²) in [4.78, 5) is 15.7. The fourth-order valence-electron chi connectivity index (χ4n) is 5.43. The molecule has 1 saturated carbocycles. The molecule has 27 heavy (non-hydrogen) atoms. The maximum Gasteiger partial charge on any atom is 0.232 e. The van der Waals surface area contributed by atoms with Gasteiger partial charge in [-0.15, -0.1) is 12.4 Å². The molecule has 1 aromatic heterocycles. The summed E-state index contributed by atoms with van der Waals surface area (Å²) in [5.41, 5.74) is 3.91. The maximum atomic E-state index is 13.6. The Labute approximate surface area is 166 Å². The van der Waals surface area contributed by atoms with Crippen LogP contribution in [0.1, 0.15) is 42.7 Å². The number of para-hydroxylation sites is 1. The molecular formula is C21H27ClN4O. The van der Waals surface area contributed by atoms with Gasteiger partial charge in [0.25, 0.3) is 0 Å². The molecule has 0 radical (unpaired) electrons. The van der Waals surface area contributed by atoms with Gasteiger partial charge in [-0.05, 0) is 30.0 Å². The molecule has 3 heterocycles. The van der Waals surface area contributed by atoms with Crippen molar-refractivity contribution in [2.75, 3.05) is 24.5 Å². The van der Waals surface area contributed by atoms with E-state index in [2.05, 4.69) is 39.6 Å². The van der Waals surface area contributed by atoms with Crippen molar-refractivity contribution < 1.29 is 4.79 Å². The predicted molar refractivity (Wildman–Crippen MR) is 108 cm³/mol. The number of hydrogen-bond acceptors (Lipinski definition) is 3. The molecule has 0 bridgehead atoms. The summed E-state index contributed by atoms with van der Waals surface area (Å²) in [6.07, 6.45) is 8.94. The van der Waals surface area contributed by atoms with E-state index in [0.29, 0.717) is 0 Å². The van der Waals surface area contributed by atoms with Gasteiger partial charge in [0.2, 0.25) is 5.91 Å². The molecule has 6 heteroatoms. The van der Waals surface area contributed by atoms with Crippen molar-refractivity contribution in [3.63, 3.8) is 0 Å². The third kappa shape index (κ3) is 2.88. The van der Waals surface area contributed by atoms with Crippen LogP contribution in [0, 0.1) is 5.92 Å². The molecule has 1 N–H and O–H groups in total. The summed E-state index contributed by atoms with van der Waals surface area (Å²) in [5.74, 6) is 0.479. The SMILES string of the molecule is Cl.Cn1cc([C@H]2CNC[C@@H]2C(=O)N2CC3(CCCC3)c3ccccc32)cn1. The molecule has 0 unspecified atom stereocenters. The van der Waals surface area contributed by atoms with E-state index < -0.39 is 0 Å². The van der Waals surface area contributed by atoms with Crippen LogP contribution >= 0.6 is 12.4 Å². The van der Waals surface area contributed by atoms with Gasteiger partial charge in [0, 0.05) is 49.9 Å². The Hall–Kier alpha value is -1.85. The largest absolute Gasteiger partial charge is 0.315 e. The molecular weight excluding hydrogens is 360 g/mol. The fourth-order valence-corrected chi connectivity index (χ4v) is 5.43. The van der Waals surface area contributed by atoms with Crippen molar-refractivity contribution in [1.29, 1.82) is 0 Å². The lowest BCUT2D eigenvalue weighted by atomic mass is 9.81.